The molecule has 10 heavy (non-hydrogen) atoms. The first kappa shape index (κ1) is 6.76. The van der Waals surface area contributed by atoms with Crippen LogP contribution >= 0.6 is 0 Å². The molecule has 0 fully saturated rings. The molecule has 5 heteroatoms. The lowest BCUT2D eigenvalue weighted by Crippen LogP contribution is -2.19. The van der Waals surface area contributed by atoms with Crippen LogP contribution in [-0.4, -0.2) is 16.2 Å². The van der Waals surface area contributed by atoms with Gasteiger partial charge in [-0.05, 0) is 0 Å². The Bertz CT molecular complexity index is 219. The van der Waals surface area contributed by atoms with E-state index in [9.17, 15) is 4.79 Å². The van der Waals surface area contributed by atoms with Crippen molar-refractivity contribution in [3.8, 4) is 0 Å². The Morgan fingerprint density at radius 3 is 3.00 bits per heavy atom. The zero-order chi connectivity index (χ0) is 7.56. The Hall–Kier alpha value is -1.36. The van der Waals surface area contributed by atoms with Crippen molar-refractivity contribution < 1.29 is 14.4 Å². The quantitative estimate of drug-likeness (QED) is 0.594. The summed E-state index contributed by atoms with van der Waals surface area (Å²) in [6, 6.07) is -1.04. The minimum Gasteiger partial charge on any atom is -0.480 e. The van der Waals surface area contributed by atoms with Crippen LogP contribution in [0.1, 0.15) is 11.6 Å². The smallest absolute Gasteiger partial charge is 0.325 e. The van der Waals surface area contributed by atoms with Gasteiger partial charge in [-0.25, -0.2) is 0 Å². The van der Waals surface area contributed by atoms with Crippen LogP contribution in [0.3, 0.4) is 0 Å². The fourth-order valence-electron chi connectivity index (χ4n) is 0.509. The summed E-state index contributed by atoms with van der Waals surface area (Å²) >= 11 is 0. The predicted octanol–water partition coefficient (Wildman–Crippen LogP) is -0.241. The van der Waals surface area contributed by atoms with Gasteiger partial charge in [0.25, 0.3) is 0 Å². The third-order valence-electron chi connectivity index (χ3n) is 1.08. The molecule has 0 bridgehead atoms. The molecule has 1 aromatic rings. The highest BCUT2D eigenvalue weighted by Gasteiger charge is 2.15. The van der Waals surface area contributed by atoms with E-state index in [-0.39, 0.29) is 0 Å². The molecule has 1 aromatic heterocycles. The van der Waals surface area contributed by atoms with E-state index in [2.05, 4.69) is 9.68 Å². The molecule has 0 aliphatic rings. The van der Waals surface area contributed by atoms with Crippen LogP contribution in [0.2, 0.25) is 0 Å². The Morgan fingerprint density at radius 2 is 2.60 bits per heavy atom. The molecule has 1 unspecified atom stereocenters. The highest BCUT2D eigenvalue weighted by molar-refractivity contribution is 5.74. The summed E-state index contributed by atoms with van der Waals surface area (Å²) in [7, 11) is 0. The van der Waals surface area contributed by atoms with Crippen molar-refractivity contribution >= 4 is 5.97 Å². The average Bonchev–Trinajstić information content (AvgIpc) is 2.36. The molecule has 1 atom stereocenters. The van der Waals surface area contributed by atoms with Gasteiger partial charge in [0.15, 0.2) is 0 Å². The summed E-state index contributed by atoms with van der Waals surface area (Å²) in [6.45, 7) is 0. The second-order valence-electron chi connectivity index (χ2n) is 1.77. The van der Waals surface area contributed by atoms with Gasteiger partial charge in [-0.3, -0.25) is 4.79 Å². The van der Waals surface area contributed by atoms with E-state index >= 15 is 0 Å². The molecule has 3 N–H and O–H groups in total. The second kappa shape index (κ2) is 2.49. The Labute approximate surface area is 56.4 Å². The maximum atomic E-state index is 10.2. The van der Waals surface area contributed by atoms with Crippen molar-refractivity contribution in [3.63, 3.8) is 0 Å². The monoisotopic (exact) mass is 142 g/mol. The van der Waals surface area contributed by atoms with Crippen LogP contribution in [-0.2, 0) is 4.79 Å². The van der Waals surface area contributed by atoms with E-state index in [0.717, 1.165) is 0 Å². The Kier molecular flexibility index (Phi) is 1.68. The van der Waals surface area contributed by atoms with Crippen LogP contribution in [0.15, 0.2) is 17.0 Å². The van der Waals surface area contributed by atoms with Gasteiger partial charge in [-0.1, -0.05) is 5.16 Å². The third kappa shape index (κ3) is 1.14. The predicted molar refractivity (Wildman–Crippen MR) is 31.1 cm³/mol. The van der Waals surface area contributed by atoms with E-state index in [1.165, 1.54) is 12.5 Å². The van der Waals surface area contributed by atoms with Gasteiger partial charge in [0, 0.05) is 5.56 Å². The van der Waals surface area contributed by atoms with Crippen LogP contribution in [0.25, 0.3) is 0 Å². The van der Waals surface area contributed by atoms with E-state index < -0.39 is 12.0 Å². The van der Waals surface area contributed by atoms with Crippen LogP contribution in [0.5, 0.6) is 0 Å². The van der Waals surface area contributed by atoms with Crippen molar-refractivity contribution in [2.45, 2.75) is 6.04 Å². The van der Waals surface area contributed by atoms with Gasteiger partial charge in [-0.2, -0.15) is 0 Å². The summed E-state index contributed by atoms with van der Waals surface area (Å²) in [6.07, 6.45) is 2.48. The third-order valence-corrected chi connectivity index (χ3v) is 1.08. The van der Waals surface area contributed by atoms with Crippen LogP contribution < -0.4 is 5.73 Å². The van der Waals surface area contributed by atoms with E-state index in [4.69, 9.17) is 10.8 Å². The second-order valence-corrected chi connectivity index (χ2v) is 1.77. The summed E-state index contributed by atoms with van der Waals surface area (Å²) in [4.78, 5) is 10.2. The standard InChI is InChI=1S/C5H6N2O3/c6-4(5(8)9)3-1-7-10-2-3/h1-2,4H,6H2,(H,8,9). The number of hydrogen-bond donors (Lipinski definition) is 2. The largest absolute Gasteiger partial charge is 0.480 e. The highest BCUT2D eigenvalue weighted by Crippen LogP contribution is 2.07. The minimum absolute atomic E-state index is 0.368. The fraction of sp³-hybridized carbons (Fsp3) is 0.200. The Morgan fingerprint density at radius 1 is 1.90 bits per heavy atom. The van der Waals surface area contributed by atoms with Crippen molar-refractivity contribution in [1.82, 2.24) is 5.16 Å². The van der Waals surface area contributed by atoms with Gasteiger partial charge in [-0.15, -0.1) is 0 Å². The maximum absolute atomic E-state index is 10.2. The molecule has 0 aromatic carbocycles. The SMILES string of the molecule is NC(C(=O)O)c1cnoc1. The fourth-order valence-corrected chi connectivity index (χ4v) is 0.509. The molecule has 0 saturated heterocycles. The van der Waals surface area contributed by atoms with Gasteiger partial charge < -0.3 is 15.4 Å². The molecule has 1 rings (SSSR count). The normalized spacial score (nSPS) is 12.9. The number of carboxylic acids is 1. The lowest BCUT2D eigenvalue weighted by molar-refractivity contribution is -0.138. The molecule has 0 radical (unpaired) electrons. The molecule has 0 saturated carbocycles. The molecule has 5 nitrogen and oxygen atoms in total. The lowest BCUT2D eigenvalue weighted by atomic mass is 10.2. The molecule has 54 valence electrons. The first-order valence-corrected chi connectivity index (χ1v) is 2.59. The van der Waals surface area contributed by atoms with E-state index in [1.807, 2.05) is 0 Å². The summed E-state index contributed by atoms with van der Waals surface area (Å²) in [5.41, 5.74) is 5.55. The van der Waals surface area contributed by atoms with E-state index in [0.29, 0.717) is 5.56 Å². The summed E-state index contributed by atoms with van der Waals surface area (Å²) in [5, 5.41) is 11.7. The van der Waals surface area contributed by atoms with Gasteiger partial charge in [0.05, 0.1) is 6.20 Å². The highest BCUT2D eigenvalue weighted by atomic mass is 16.5. The number of nitrogens with zero attached hydrogens (tertiary/aromatic N) is 1. The summed E-state index contributed by atoms with van der Waals surface area (Å²) < 4.78 is 4.39. The molecular formula is C5H6N2O3. The average molecular weight is 142 g/mol. The first-order chi connectivity index (χ1) is 4.72. The van der Waals surface area contributed by atoms with Gasteiger partial charge in [0.2, 0.25) is 0 Å². The van der Waals surface area contributed by atoms with Crippen LogP contribution in [0.4, 0.5) is 0 Å². The molecule has 0 spiro atoms. The van der Waals surface area contributed by atoms with E-state index in [1.54, 1.807) is 0 Å². The van der Waals surface area contributed by atoms with Crippen molar-refractivity contribution in [2.24, 2.45) is 5.73 Å². The molecule has 1 heterocycles. The van der Waals surface area contributed by atoms with Gasteiger partial charge >= 0.3 is 5.97 Å². The Balaban J connectivity index is 2.77. The zero-order valence-electron chi connectivity index (χ0n) is 5.02. The molecule has 0 amide bonds. The zero-order valence-corrected chi connectivity index (χ0v) is 5.02. The van der Waals surface area contributed by atoms with Crippen molar-refractivity contribution in [3.05, 3.63) is 18.0 Å². The number of hydrogen-bond acceptors (Lipinski definition) is 4. The molecular weight excluding hydrogens is 136 g/mol. The number of nitrogens with two attached hydrogens (primary N) is 1. The number of aromatic nitrogens is 1. The van der Waals surface area contributed by atoms with Crippen molar-refractivity contribution in [1.29, 1.82) is 0 Å². The number of aliphatic carboxylic acids is 1. The summed E-state index contributed by atoms with van der Waals surface area (Å²) in [5.74, 6) is -1.09. The van der Waals surface area contributed by atoms with Crippen LogP contribution in [0, 0.1) is 0 Å². The first-order valence-electron chi connectivity index (χ1n) is 2.59. The topological polar surface area (TPSA) is 89.4 Å². The minimum atomic E-state index is -1.09. The number of carbonyl (C=O) groups is 1. The molecule has 0 aliphatic heterocycles. The van der Waals surface area contributed by atoms with Crippen molar-refractivity contribution in [2.75, 3.05) is 0 Å². The van der Waals surface area contributed by atoms with Gasteiger partial charge in [0.1, 0.15) is 12.3 Å². The number of carboxylic acid groups (broad SMARTS) is 1. The maximum Gasteiger partial charge on any atom is 0.325 e. The number of rotatable bonds is 2. The lowest BCUT2D eigenvalue weighted by Gasteiger charge is -1.98. The molecule has 0 aliphatic carbocycles.